The summed E-state index contributed by atoms with van der Waals surface area (Å²) in [5.41, 5.74) is 0.311. The second-order valence-corrected chi connectivity index (χ2v) is 5.21. The highest BCUT2D eigenvalue weighted by molar-refractivity contribution is 5.96. The third-order valence-electron chi connectivity index (χ3n) is 3.71. The number of likely N-dealkylation sites (tertiary alicyclic amines) is 1. The van der Waals surface area contributed by atoms with Crippen LogP contribution >= 0.6 is 0 Å². The van der Waals surface area contributed by atoms with Crippen LogP contribution in [-0.4, -0.2) is 40.1 Å². The lowest BCUT2D eigenvalue weighted by Crippen LogP contribution is -2.40. The SMILES string of the molecule is O=C(O)CCC1CCCN(C(=O)c2ccccc2O)C1. The average molecular weight is 277 g/mol. The first-order valence-electron chi connectivity index (χ1n) is 6.87. The molecule has 108 valence electrons. The molecule has 1 aliphatic heterocycles. The molecule has 2 rings (SSSR count). The largest absolute Gasteiger partial charge is 0.507 e. The van der Waals surface area contributed by atoms with Gasteiger partial charge in [-0.2, -0.15) is 0 Å². The first-order valence-corrected chi connectivity index (χ1v) is 6.87. The number of para-hydroxylation sites is 1. The van der Waals surface area contributed by atoms with E-state index in [4.69, 9.17) is 5.11 Å². The Hall–Kier alpha value is -2.04. The summed E-state index contributed by atoms with van der Waals surface area (Å²) in [5.74, 6) is -0.753. The average Bonchev–Trinajstić information content (AvgIpc) is 2.45. The summed E-state index contributed by atoms with van der Waals surface area (Å²) in [6, 6.07) is 6.51. The molecule has 0 radical (unpaired) electrons. The van der Waals surface area contributed by atoms with Crippen molar-refractivity contribution in [1.82, 2.24) is 4.90 Å². The smallest absolute Gasteiger partial charge is 0.303 e. The number of phenols is 1. The van der Waals surface area contributed by atoms with Gasteiger partial charge in [0.25, 0.3) is 5.91 Å². The molecule has 5 nitrogen and oxygen atoms in total. The number of nitrogens with zero attached hydrogens (tertiary/aromatic N) is 1. The van der Waals surface area contributed by atoms with Gasteiger partial charge in [-0.05, 0) is 37.3 Å². The van der Waals surface area contributed by atoms with E-state index < -0.39 is 5.97 Å². The molecular weight excluding hydrogens is 258 g/mol. The van der Waals surface area contributed by atoms with Crippen molar-refractivity contribution in [2.45, 2.75) is 25.7 Å². The minimum absolute atomic E-state index is 0.00911. The molecule has 1 fully saturated rings. The maximum Gasteiger partial charge on any atom is 0.303 e. The zero-order valence-electron chi connectivity index (χ0n) is 11.3. The van der Waals surface area contributed by atoms with Crippen LogP contribution in [0, 0.1) is 5.92 Å². The van der Waals surface area contributed by atoms with Crippen molar-refractivity contribution < 1.29 is 19.8 Å². The van der Waals surface area contributed by atoms with E-state index in [1.807, 2.05) is 0 Å². The molecular formula is C15H19NO4. The van der Waals surface area contributed by atoms with Crippen LogP contribution < -0.4 is 0 Å². The Morgan fingerprint density at radius 1 is 1.30 bits per heavy atom. The Morgan fingerprint density at radius 2 is 2.05 bits per heavy atom. The zero-order valence-corrected chi connectivity index (χ0v) is 11.3. The lowest BCUT2D eigenvalue weighted by molar-refractivity contribution is -0.137. The summed E-state index contributed by atoms with van der Waals surface area (Å²) in [6.07, 6.45) is 2.57. The van der Waals surface area contributed by atoms with Crippen LogP contribution in [0.3, 0.4) is 0 Å². The zero-order chi connectivity index (χ0) is 14.5. The number of phenolic OH excluding ortho intramolecular Hbond substituents is 1. The van der Waals surface area contributed by atoms with E-state index in [2.05, 4.69) is 0 Å². The summed E-state index contributed by atoms with van der Waals surface area (Å²) in [7, 11) is 0. The summed E-state index contributed by atoms with van der Waals surface area (Å²) >= 11 is 0. The van der Waals surface area contributed by atoms with Gasteiger partial charge in [-0.3, -0.25) is 9.59 Å². The number of aromatic hydroxyl groups is 1. The number of piperidine rings is 1. The minimum Gasteiger partial charge on any atom is -0.507 e. The standard InChI is InChI=1S/C15H19NO4/c17-13-6-2-1-5-12(13)15(20)16-9-3-4-11(10-16)7-8-14(18)19/h1-2,5-6,11,17H,3-4,7-10H2,(H,18,19). The van der Waals surface area contributed by atoms with Crippen LogP contribution in [0.1, 0.15) is 36.0 Å². The maximum atomic E-state index is 12.4. The fourth-order valence-corrected chi connectivity index (χ4v) is 2.64. The molecule has 1 heterocycles. The van der Waals surface area contributed by atoms with Gasteiger partial charge in [0.2, 0.25) is 0 Å². The van der Waals surface area contributed by atoms with E-state index in [9.17, 15) is 14.7 Å². The van der Waals surface area contributed by atoms with Crippen LogP contribution in [0.15, 0.2) is 24.3 Å². The second-order valence-electron chi connectivity index (χ2n) is 5.21. The van der Waals surface area contributed by atoms with E-state index >= 15 is 0 Å². The van der Waals surface area contributed by atoms with Gasteiger partial charge in [-0.25, -0.2) is 0 Å². The Balaban J connectivity index is 2.00. The van der Waals surface area contributed by atoms with Crippen molar-refractivity contribution in [2.75, 3.05) is 13.1 Å². The molecule has 1 aromatic carbocycles. The third kappa shape index (κ3) is 3.50. The maximum absolute atomic E-state index is 12.4. The number of aliphatic carboxylic acids is 1. The molecule has 0 saturated carbocycles. The number of carboxylic acid groups (broad SMARTS) is 1. The van der Waals surface area contributed by atoms with Gasteiger partial charge in [-0.15, -0.1) is 0 Å². The van der Waals surface area contributed by atoms with E-state index in [1.54, 1.807) is 23.1 Å². The molecule has 5 heteroatoms. The minimum atomic E-state index is -0.797. The van der Waals surface area contributed by atoms with Crippen LogP contribution in [-0.2, 0) is 4.79 Å². The number of rotatable bonds is 4. The fourth-order valence-electron chi connectivity index (χ4n) is 2.64. The Kier molecular flexibility index (Phi) is 4.61. The Bertz CT molecular complexity index is 500. The number of carboxylic acids is 1. The van der Waals surface area contributed by atoms with Crippen molar-refractivity contribution in [3.8, 4) is 5.75 Å². The van der Waals surface area contributed by atoms with E-state index in [0.717, 1.165) is 12.8 Å². The number of hydrogen-bond donors (Lipinski definition) is 2. The molecule has 0 aliphatic carbocycles. The van der Waals surface area contributed by atoms with Gasteiger partial charge in [0.15, 0.2) is 0 Å². The van der Waals surface area contributed by atoms with Gasteiger partial charge >= 0.3 is 5.97 Å². The molecule has 1 amide bonds. The molecule has 0 spiro atoms. The van der Waals surface area contributed by atoms with Crippen LogP contribution in [0.5, 0.6) is 5.75 Å². The van der Waals surface area contributed by atoms with E-state index in [0.29, 0.717) is 25.1 Å². The topological polar surface area (TPSA) is 77.8 Å². The number of carbonyl (C=O) groups excluding carboxylic acids is 1. The molecule has 20 heavy (non-hydrogen) atoms. The summed E-state index contributed by atoms with van der Waals surface area (Å²) in [5, 5.41) is 18.4. The lowest BCUT2D eigenvalue weighted by Gasteiger charge is -2.32. The first-order chi connectivity index (χ1) is 9.58. The van der Waals surface area contributed by atoms with Gasteiger partial charge in [0, 0.05) is 19.5 Å². The normalized spacial score (nSPS) is 18.8. The highest BCUT2D eigenvalue weighted by atomic mass is 16.4. The molecule has 1 atom stereocenters. The van der Waals surface area contributed by atoms with Crippen molar-refractivity contribution >= 4 is 11.9 Å². The molecule has 1 saturated heterocycles. The molecule has 1 unspecified atom stereocenters. The quantitative estimate of drug-likeness (QED) is 0.883. The van der Waals surface area contributed by atoms with Crippen LogP contribution in [0.2, 0.25) is 0 Å². The second kappa shape index (κ2) is 6.41. The predicted octanol–water partition coefficient (Wildman–Crippen LogP) is 2.11. The van der Waals surface area contributed by atoms with Crippen molar-refractivity contribution in [3.63, 3.8) is 0 Å². The molecule has 1 aromatic rings. The van der Waals surface area contributed by atoms with Crippen molar-refractivity contribution in [1.29, 1.82) is 0 Å². The van der Waals surface area contributed by atoms with Gasteiger partial charge in [0.1, 0.15) is 5.75 Å². The molecule has 0 bridgehead atoms. The van der Waals surface area contributed by atoms with Crippen LogP contribution in [0.4, 0.5) is 0 Å². The summed E-state index contributed by atoms with van der Waals surface area (Å²) in [6.45, 7) is 1.23. The van der Waals surface area contributed by atoms with E-state index in [1.165, 1.54) is 6.07 Å². The molecule has 2 N–H and O–H groups in total. The number of amides is 1. The van der Waals surface area contributed by atoms with Gasteiger partial charge in [0.05, 0.1) is 5.56 Å². The number of hydrogen-bond acceptors (Lipinski definition) is 3. The first kappa shape index (κ1) is 14.4. The monoisotopic (exact) mass is 277 g/mol. The van der Waals surface area contributed by atoms with Gasteiger partial charge < -0.3 is 15.1 Å². The van der Waals surface area contributed by atoms with Gasteiger partial charge in [-0.1, -0.05) is 12.1 Å². The lowest BCUT2D eigenvalue weighted by atomic mass is 9.93. The fraction of sp³-hybridized carbons (Fsp3) is 0.467. The van der Waals surface area contributed by atoms with Crippen molar-refractivity contribution in [2.24, 2.45) is 5.92 Å². The molecule has 1 aliphatic rings. The highest BCUT2D eigenvalue weighted by Crippen LogP contribution is 2.24. The summed E-state index contributed by atoms with van der Waals surface area (Å²) in [4.78, 5) is 24.7. The summed E-state index contributed by atoms with van der Waals surface area (Å²) < 4.78 is 0. The van der Waals surface area contributed by atoms with Crippen LogP contribution in [0.25, 0.3) is 0 Å². The van der Waals surface area contributed by atoms with E-state index in [-0.39, 0.29) is 24.0 Å². The number of benzene rings is 1. The molecule has 0 aromatic heterocycles. The predicted molar refractivity (Wildman–Crippen MR) is 73.6 cm³/mol. The third-order valence-corrected chi connectivity index (χ3v) is 3.71. The Morgan fingerprint density at radius 3 is 2.75 bits per heavy atom. The van der Waals surface area contributed by atoms with Crippen molar-refractivity contribution in [3.05, 3.63) is 29.8 Å². The Labute approximate surface area is 117 Å². The highest BCUT2D eigenvalue weighted by Gasteiger charge is 2.25. The number of carbonyl (C=O) groups is 2.